The Morgan fingerprint density at radius 1 is 1.02 bits per heavy atom. The van der Waals surface area contributed by atoms with E-state index >= 15 is 0 Å². The second kappa shape index (κ2) is 13.8. The van der Waals surface area contributed by atoms with Gasteiger partial charge in [-0.2, -0.15) is 4.37 Å². The molecular formula is C38H54ClN5O3S. The number of aromatic nitrogens is 1. The Morgan fingerprint density at radius 3 is 2.31 bits per heavy atom. The van der Waals surface area contributed by atoms with Crippen LogP contribution in [0.3, 0.4) is 0 Å². The number of fused-ring (bicyclic) bond motifs is 2. The highest BCUT2D eigenvalue weighted by Gasteiger charge is 2.45. The molecule has 0 saturated carbocycles. The largest absolute Gasteiger partial charge is 0.425 e. The van der Waals surface area contributed by atoms with Gasteiger partial charge in [0.05, 0.1) is 16.8 Å². The monoisotopic (exact) mass is 695 g/mol. The molecule has 8 nitrogen and oxygen atoms in total. The van der Waals surface area contributed by atoms with Crippen LogP contribution in [0.2, 0.25) is 5.02 Å². The molecule has 1 unspecified atom stereocenters. The predicted octanol–water partition coefficient (Wildman–Crippen LogP) is 8.64. The average Bonchev–Trinajstić information content (AvgIpc) is 3.52. The van der Waals surface area contributed by atoms with Crippen LogP contribution in [-0.2, 0) is 22.4 Å². The molecule has 2 amide bonds. The van der Waals surface area contributed by atoms with Gasteiger partial charge in [-0.25, -0.2) is 4.79 Å². The lowest BCUT2D eigenvalue weighted by atomic mass is 9.79. The lowest BCUT2D eigenvalue weighted by molar-refractivity contribution is -0.120. The summed E-state index contributed by atoms with van der Waals surface area (Å²) in [7, 11) is 0. The molecule has 10 heteroatoms. The molecule has 1 saturated heterocycles. The molecular weight excluding hydrogens is 642 g/mol. The molecule has 0 spiro atoms. The van der Waals surface area contributed by atoms with E-state index in [0.717, 1.165) is 68.2 Å². The fourth-order valence-corrected chi connectivity index (χ4v) is 8.94. The van der Waals surface area contributed by atoms with Crippen molar-refractivity contribution in [2.24, 2.45) is 11.3 Å². The SMILES string of the molecule is CC(C)C(OC(=O)N(C(C)(C)C)C(C)(C)CC(C)(C)C)N1C(=O)Cc2cc(CCN3CCN(c4nsc5ccccc45)CC3)c(Cl)cc21. The molecule has 3 heterocycles. The van der Waals surface area contributed by atoms with Crippen LogP contribution < -0.4 is 9.80 Å². The van der Waals surface area contributed by atoms with Gasteiger partial charge >= 0.3 is 6.09 Å². The minimum Gasteiger partial charge on any atom is -0.425 e. The van der Waals surface area contributed by atoms with E-state index in [1.54, 1.807) is 16.4 Å². The van der Waals surface area contributed by atoms with Gasteiger partial charge in [-0.1, -0.05) is 64.4 Å². The average molecular weight is 696 g/mol. The van der Waals surface area contributed by atoms with Crippen molar-refractivity contribution >= 4 is 56.7 Å². The van der Waals surface area contributed by atoms with E-state index in [4.69, 9.17) is 20.7 Å². The topological polar surface area (TPSA) is 69.2 Å². The number of carbonyl (C=O) groups is 2. The first kappa shape index (κ1) is 36.4. The van der Waals surface area contributed by atoms with Gasteiger partial charge in [0.1, 0.15) is 5.82 Å². The number of rotatable bonds is 9. The quantitative estimate of drug-likeness (QED) is 0.223. The molecule has 1 aromatic heterocycles. The van der Waals surface area contributed by atoms with Gasteiger partial charge in [0.2, 0.25) is 5.91 Å². The van der Waals surface area contributed by atoms with E-state index in [9.17, 15) is 9.59 Å². The molecule has 1 atom stereocenters. The van der Waals surface area contributed by atoms with Crippen LogP contribution in [0.4, 0.5) is 16.3 Å². The van der Waals surface area contributed by atoms with Crippen LogP contribution in [0.15, 0.2) is 36.4 Å². The van der Waals surface area contributed by atoms with E-state index in [0.29, 0.717) is 5.02 Å². The molecule has 5 rings (SSSR count). The maximum atomic E-state index is 14.0. The second-order valence-corrected chi connectivity index (χ2v) is 17.9. The normalized spacial score (nSPS) is 17.0. The first-order chi connectivity index (χ1) is 22.4. The smallest absolute Gasteiger partial charge is 0.412 e. The van der Waals surface area contributed by atoms with Gasteiger partial charge in [-0.15, -0.1) is 0 Å². The van der Waals surface area contributed by atoms with E-state index in [-0.39, 0.29) is 23.7 Å². The number of anilines is 2. The summed E-state index contributed by atoms with van der Waals surface area (Å²) in [6, 6.07) is 12.4. The fourth-order valence-electron chi connectivity index (χ4n) is 7.89. The minimum atomic E-state index is -0.755. The summed E-state index contributed by atoms with van der Waals surface area (Å²) in [6.07, 6.45) is 0.684. The molecule has 0 aliphatic carbocycles. The van der Waals surface area contributed by atoms with Gasteiger partial charge in [0.15, 0.2) is 6.23 Å². The molecule has 3 aromatic rings. The molecule has 2 aliphatic heterocycles. The number of hydrogen-bond donors (Lipinski definition) is 0. The summed E-state index contributed by atoms with van der Waals surface area (Å²) in [5.41, 5.74) is 1.76. The zero-order valence-electron chi connectivity index (χ0n) is 30.5. The van der Waals surface area contributed by atoms with Gasteiger partial charge < -0.3 is 9.64 Å². The fraction of sp³-hybridized carbons (Fsp3) is 0.605. The van der Waals surface area contributed by atoms with Crippen molar-refractivity contribution < 1.29 is 14.3 Å². The summed E-state index contributed by atoms with van der Waals surface area (Å²) in [5, 5.41) is 1.87. The number of ether oxygens (including phenoxy) is 1. The standard InChI is InChI=1S/C38H54ClN5O3S/c1-25(2)34(47-35(46)44(37(6,7)8)38(9,10)24-36(3,4)5)43-30-23-29(39)26(21-27(30)22-32(43)45)15-16-41-17-19-42(20-18-41)33-28-13-11-12-14-31(28)48-40-33/h11-14,21,23,25,34H,15-20,22,24H2,1-10H3. The van der Waals surface area contributed by atoms with Gasteiger partial charge in [-0.05, 0) is 93.7 Å². The Bertz CT molecular complexity index is 1630. The lowest BCUT2D eigenvalue weighted by Crippen LogP contribution is -2.60. The van der Waals surface area contributed by atoms with Crippen LogP contribution in [0.5, 0.6) is 0 Å². The Hall–Kier alpha value is -2.88. The van der Waals surface area contributed by atoms with Crippen LogP contribution in [0, 0.1) is 11.3 Å². The minimum absolute atomic E-state index is 0.00824. The highest BCUT2D eigenvalue weighted by atomic mass is 35.5. The van der Waals surface area contributed by atoms with Crippen LogP contribution in [0.25, 0.3) is 10.1 Å². The van der Waals surface area contributed by atoms with Crippen molar-refractivity contribution in [2.45, 2.75) is 106 Å². The van der Waals surface area contributed by atoms with Gasteiger partial charge in [0.25, 0.3) is 0 Å². The van der Waals surface area contributed by atoms with Crippen molar-refractivity contribution in [3.8, 4) is 0 Å². The van der Waals surface area contributed by atoms with Gasteiger partial charge in [0, 0.05) is 60.1 Å². The van der Waals surface area contributed by atoms with Crippen LogP contribution >= 0.6 is 23.1 Å². The lowest BCUT2D eigenvalue weighted by Gasteiger charge is -2.49. The number of halogens is 1. The van der Waals surface area contributed by atoms with Crippen LogP contribution in [0.1, 0.15) is 86.8 Å². The Kier molecular flexibility index (Phi) is 10.5. The Balaban J connectivity index is 1.27. The maximum absolute atomic E-state index is 14.0. The Labute approximate surface area is 296 Å². The summed E-state index contributed by atoms with van der Waals surface area (Å²) in [5.74, 6) is 0.888. The van der Waals surface area contributed by atoms with Gasteiger partial charge in [-0.3, -0.25) is 19.5 Å². The van der Waals surface area contributed by atoms with E-state index in [2.05, 4.69) is 74.8 Å². The zero-order valence-corrected chi connectivity index (χ0v) is 32.1. The third-order valence-corrected chi connectivity index (χ3v) is 10.5. The first-order valence-corrected chi connectivity index (χ1v) is 18.5. The van der Waals surface area contributed by atoms with E-state index < -0.39 is 23.4 Å². The number of hydrogen-bond acceptors (Lipinski definition) is 7. The highest BCUT2D eigenvalue weighted by molar-refractivity contribution is 7.13. The summed E-state index contributed by atoms with van der Waals surface area (Å²) in [4.78, 5) is 36.0. The molecule has 0 N–H and O–H groups in total. The number of amides is 2. The molecule has 1 fully saturated rings. The summed E-state index contributed by atoms with van der Waals surface area (Å²) < 4.78 is 12.3. The number of piperazine rings is 1. The van der Waals surface area contributed by atoms with Crippen molar-refractivity contribution in [2.75, 3.05) is 42.5 Å². The molecule has 2 aromatic carbocycles. The highest BCUT2D eigenvalue weighted by Crippen LogP contribution is 2.40. The maximum Gasteiger partial charge on any atom is 0.412 e. The van der Waals surface area contributed by atoms with Crippen molar-refractivity contribution in [1.82, 2.24) is 14.2 Å². The molecule has 0 radical (unpaired) electrons. The first-order valence-electron chi connectivity index (χ1n) is 17.3. The van der Waals surface area contributed by atoms with Crippen molar-refractivity contribution in [3.63, 3.8) is 0 Å². The van der Waals surface area contributed by atoms with Crippen molar-refractivity contribution in [3.05, 3.63) is 52.5 Å². The number of carbonyl (C=O) groups excluding carboxylic acids is 2. The third-order valence-electron chi connectivity index (χ3n) is 9.31. The number of benzene rings is 2. The summed E-state index contributed by atoms with van der Waals surface area (Å²) >= 11 is 8.48. The second-order valence-electron chi connectivity index (χ2n) is 16.7. The van der Waals surface area contributed by atoms with Crippen molar-refractivity contribution in [1.29, 1.82) is 0 Å². The Morgan fingerprint density at radius 2 is 1.69 bits per heavy atom. The molecule has 2 aliphatic rings. The number of nitrogens with zero attached hydrogens (tertiary/aromatic N) is 5. The molecule has 262 valence electrons. The predicted molar refractivity (Wildman–Crippen MR) is 199 cm³/mol. The molecule has 0 bridgehead atoms. The van der Waals surface area contributed by atoms with E-state index in [1.165, 1.54) is 10.1 Å². The van der Waals surface area contributed by atoms with Crippen LogP contribution in [-0.4, -0.2) is 76.2 Å². The zero-order chi connectivity index (χ0) is 35.2. The summed E-state index contributed by atoms with van der Waals surface area (Å²) in [6.45, 7) is 25.5. The third kappa shape index (κ3) is 7.95. The molecule has 48 heavy (non-hydrogen) atoms. The van der Waals surface area contributed by atoms with E-state index in [1.807, 2.05) is 45.6 Å².